The van der Waals surface area contributed by atoms with Crippen LogP contribution in [0.5, 0.6) is 0 Å². The number of rotatable bonds is 8. The second kappa shape index (κ2) is 9.56. The Morgan fingerprint density at radius 1 is 1.00 bits per heavy atom. The molecule has 0 fully saturated rings. The van der Waals surface area contributed by atoms with Crippen LogP contribution in [-0.4, -0.2) is 39.1 Å². The Hall–Kier alpha value is -2.87. The zero-order valence-corrected chi connectivity index (χ0v) is 17.9. The van der Waals surface area contributed by atoms with Crippen molar-refractivity contribution in [1.82, 2.24) is 5.32 Å². The van der Waals surface area contributed by atoms with Crippen molar-refractivity contribution in [3.8, 4) is 0 Å². The topological polar surface area (TPSA) is 95.6 Å². The van der Waals surface area contributed by atoms with Gasteiger partial charge < -0.3 is 10.6 Å². The third-order valence-corrected chi connectivity index (χ3v) is 6.46. The van der Waals surface area contributed by atoms with E-state index in [4.69, 9.17) is 0 Å². The van der Waals surface area contributed by atoms with E-state index in [9.17, 15) is 18.0 Å². The molecule has 0 spiro atoms. The number of carbonyl (C=O) groups is 2. The first kappa shape index (κ1) is 22.4. The molecule has 0 saturated carbocycles. The number of benzene rings is 2. The zero-order chi connectivity index (χ0) is 21.6. The van der Waals surface area contributed by atoms with Crippen LogP contribution in [0.1, 0.15) is 47.9 Å². The number of amides is 2. The Kier molecular flexibility index (Phi) is 7.39. The predicted molar refractivity (Wildman–Crippen MR) is 116 cm³/mol. The number of hydrogen-bond acceptors (Lipinski definition) is 4. The maximum Gasteiger partial charge on any atom is 0.255 e. The molecular formula is C21H27N3O4S. The molecule has 7 nitrogen and oxygen atoms in total. The van der Waals surface area contributed by atoms with Gasteiger partial charge >= 0.3 is 0 Å². The van der Waals surface area contributed by atoms with Gasteiger partial charge in [0.05, 0.1) is 22.7 Å². The molecule has 2 rings (SSSR count). The summed E-state index contributed by atoms with van der Waals surface area (Å²) in [6.45, 7) is 5.46. The molecule has 8 heteroatoms. The van der Waals surface area contributed by atoms with E-state index in [1.54, 1.807) is 55.5 Å². The maximum atomic E-state index is 12.6. The van der Waals surface area contributed by atoms with Crippen LogP contribution in [0.15, 0.2) is 48.5 Å². The summed E-state index contributed by atoms with van der Waals surface area (Å²) in [4.78, 5) is 25.1. The van der Waals surface area contributed by atoms with E-state index in [1.807, 2.05) is 13.8 Å². The summed E-state index contributed by atoms with van der Waals surface area (Å²) in [6, 6.07) is 13.1. The third kappa shape index (κ3) is 5.57. The number of nitrogens with zero attached hydrogens (tertiary/aromatic N) is 1. The Labute approximate surface area is 172 Å². The van der Waals surface area contributed by atoms with Crippen molar-refractivity contribution in [1.29, 1.82) is 0 Å². The first-order valence-electron chi connectivity index (χ1n) is 9.47. The lowest BCUT2D eigenvalue weighted by Crippen LogP contribution is -2.32. The Morgan fingerprint density at radius 2 is 1.62 bits per heavy atom. The molecule has 0 heterocycles. The summed E-state index contributed by atoms with van der Waals surface area (Å²) in [7, 11) is -1.90. The van der Waals surface area contributed by atoms with Crippen molar-refractivity contribution in [2.24, 2.45) is 0 Å². The zero-order valence-electron chi connectivity index (χ0n) is 17.1. The molecule has 2 aromatic carbocycles. The molecule has 0 unspecified atom stereocenters. The fourth-order valence-electron chi connectivity index (χ4n) is 2.57. The lowest BCUT2D eigenvalue weighted by atomic mass is 10.1. The summed E-state index contributed by atoms with van der Waals surface area (Å²) in [5, 5.41) is 5.64. The van der Waals surface area contributed by atoms with Crippen molar-refractivity contribution in [2.75, 3.05) is 22.4 Å². The van der Waals surface area contributed by atoms with Crippen LogP contribution in [0.3, 0.4) is 0 Å². The molecule has 0 aromatic heterocycles. The lowest BCUT2D eigenvalue weighted by molar-refractivity contribution is 0.0940. The molecule has 2 amide bonds. The van der Waals surface area contributed by atoms with Gasteiger partial charge in [0.2, 0.25) is 10.0 Å². The largest absolute Gasteiger partial charge is 0.350 e. The van der Waals surface area contributed by atoms with E-state index in [-0.39, 0.29) is 23.6 Å². The van der Waals surface area contributed by atoms with Crippen molar-refractivity contribution >= 4 is 33.2 Å². The van der Waals surface area contributed by atoms with Crippen LogP contribution < -0.4 is 14.9 Å². The summed E-state index contributed by atoms with van der Waals surface area (Å²) >= 11 is 0. The molecule has 29 heavy (non-hydrogen) atoms. The minimum Gasteiger partial charge on any atom is -0.350 e. The van der Waals surface area contributed by atoms with Gasteiger partial charge in [-0.3, -0.25) is 13.9 Å². The second-order valence-electron chi connectivity index (χ2n) is 6.70. The summed E-state index contributed by atoms with van der Waals surface area (Å²) in [5.41, 5.74) is 1.62. The highest BCUT2D eigenvalue weighted by Gasteiger charge is 2.18. The van der Waals surface area contributed by atoms with E-state index < -0.39 is 10.0 Å². The van der Waals surface area contributed by atoms with Gasteiger partial charge in [-0.2, -0.15) is 0 Å². The first-order valence-corrected chi connectivity index (χ1v) is 11.1. The Balaban J connectivity index is 2.18. The van der Waals surface area contributed by atoms with Crippen LogP contribution in [-0.2, 0) is 10.0 Å². The average Bonchev–Trinajstić information content (AvgIpc) is 2.73. The standard InChI is InChI=1S/C21H27N3O4S/c1-5-15(3)22-21(26)18-9-7-8-10-19(18)23-20(25)16-11-13-17(14-12-16)24(4)29(27,28)6-2/h7-15H,5-6H2,1-4H3,(H,22,26)(H,23,25)/t15-/m1/s1. The van der Waals surface area contributed by atoms with Crippen LogP contribution in [0, 0.1) is 0 Å². The smallest absolute Gasteiger partial charge is 0.255 e. The monoisotopic (exact) mass is 417 g/mol. The van der Waals surface area contributed by atoms with E-state index >= 15 is 0 Å². The fraction of sp³-hybridized carbons (Fsp3) is 0.333. The van der Waals surface area contributed by atoms with Gasteiger partial charge in [0, 0.05) is 18.7 Å². The predicted octanol–water partition coefficient (Wildman–Crippen LogP) is 3.25. The normalized spacial score (nSPS) is 12.1. The molecule has 0 aliphatic heterocycles. The maximum absolute atomic E-state index is 12.6. The van der Waals surface area contributed by atoms with Crippen LogP contribution >= 0.6 is 0 Å². The summed E-state index contributed by atoms with van der Waals surface area (Å²) < 4.78 is 25.1. The lowest BCUT2D eigenvalue weighted by Gasteiger charge is -2.18. The number of nitrogens with one attached hydrogen (secondary N) is 2. The Morgan fingerprint density at radius 3 is 2.21 bits per heavy atom. The summed E-state index contributed by atoms with van der Waals surface area (Å²) in [5.74, 6) is -0.653. The molecule has 2 aromatic rings. The molecule has 0 saturated heterocycles. The molecule has 0 bridgehead atoms. The fourth-order valence-corrected chi connectivity index (χ4v) is 3.40. The van der Waals surface area contributed by atoms with Gasteiger partial charge in [0.1, 0.15) is 0 Å². The second-order valence-corrected chi connectivity index (χ2v) is 8.99. The van der Waals surface area contributed by atoms with Gasteiger partial charge in [-0.15, -0.1) is 0 Å². The van der Waals surface area contributed by atoms with Crippen LogP contribution in [0.2, 0.25) is 0 Å². The van der Waals surface area contributed by atoms with E-state index in [0.717, 1.165) is 6.42 Å². The number of hydrogen-bond donors (Lipinski definition) is 2. The highest BCUT2D eigenvalue weighted by Crippen LogP contribution is 2.20. The molecule has 0 aliphatic carbocycles. The number of para-hydroxylation sites is 1. The van der Waals surface area contributed by atoms with Gasteiger partial charge in [-0.25, -0.2) is 8.42 Å². The SMILES string of the molecule is CC[C@@H](C)NC(=O)c1ccccc1NC(=O)c1ccc(N(C)S(=O)(=O)CC)cc1. The summed E-state index contributed by atoms with van der Waals surface area (Å²) in [6.07, 6.45) is 0.800. The van der Waals surface area contributed by atoms with Crippen molar-refractivity contribution < 1.29 is 18.0 Å². The van der Waals surface area contributed by atoms with E-state index in [1.165, 1.54) is 11.4 Å². The highest BCUT2D eigenvalue weighted by molar-refractivity contribution is 7.92. The van der Waals surface area contributed by atoms with Crippen LogP contribution in [0.25, 0.3) is 0 Å². The van der Waals surface area contributed by atoms with E-state index in [2.05, 4.69) is 10.6 Å². The highest BCUT2D eigenvalue weighted by atomic mass is 32.2. The van der Waals surface area contributed by atoms with Gasteiger partial charge in [-0.1, -0.05) is 19.1 Å². The van der Waals surface area contributed by atoms with Crippen molar-refractivity contribution in [3.63, 3.8) is 0 Å². The Bertz CT molecular complexity index is 972. The first-order chi connectivity index (χ1) is 13.7. The van der Waals surface area contributed by atoms with Gasteiger partial charge in [0.15, 0.2) is 0 Å². The number of carbonyl (C=O) groups excluding carboxylic acids is 2. The van der Waals surface area contributed by atoms with Crippen molar-refractivity contribution in [3.05, 3.63) is 59.7 Å². The molecule has 2 N–H and O–H groups in total. The van der Waals surface area contributed by atoms with Crippen molar-refractivity contribution in [2.45, 2.75) is 33.2 Å². The average molecular weight is 418 g/mol. The van der Waals surface area contributed by atoms with Gasteiger partial charge in [0.25, 0.3) is 11.8 Å². The quantitative estimate of drug-likeness (QED) is 0.689. The minimum absolute atomic E-state index is 0.0127. The third-order valence-electron chi connectivity index (χ3n) is 4.68. The molecule has 156 valence electrons. The number of sulfonamides is 1. The van der Waals surface area contributed by atoms with E-state index in [0.29, 0.717) is 22.5 Å². The minimum atomic E-state index is -3.37. The molecule has 0 aliphatic rings. The molecule has 0 radical (unpaired) electrons. The van der Waals surface area contributed by atoms with Gasteiger partial charge in [-0.05, 0) is 56.7 Å². The molecule has 1 atom stereocenters. The number of anilines is 2. The molecular weight excluding hydrogens is 390 g/mol. The van der Waals surface area contributed by atoms with Crippen LogP contribution in [0.4, 0.5) is 11.4 Å².